The largest absolute Gasteiger partial charge is 0.355 e. The van der Waals surface area contributed by atoms with Gasteiger partial charge in [-0.05, 0) is 25.5 Å². The van der Waals surface area contributed by atoms with E-state index in [4.69, 9.17) is 0 Å². The molecule has 1 aliphatic heterocycles. The third-order valence-electron chi connectivity index (χ3n) is 3.12. The van der Waals surface area contributed by atoms with Crippen LogP contribution < -0.4 is 10.2 Å². The third-order valence-corrected chi connectivity index (χ3v) is 3.12. The molecule has 1 aromatic rings. The van der Waals surface area contributed by atoms with E-state index in [0.717, 1.165) is 31.7 Å². The van der Waals surface area contributed by atoms with Crippen molar-refractivity contribution in [1.82, 2.24) is 10.3 Å². The molecule has 0 radical (unpaired) electrons. The number of nitrogens with zero attached hydrogens (tertiary/aromatic N) is 3. The molecule has 2 rings (SSSR count). The first kappa shape index (κ1) is 14.7. The van der Waals surface area contributed by atoms with Crippen molar-refractivity contribution in [2.45, 2.75) is 18.9 Å². The number of rotatable bonds is 3. The lowest BCUT2D eigenvalue weighted by molar-refractivity contribution is -0.385. The van der Waals surface area contributed by atoms with E-state index in [1.54, 1.807) is 6.07 Å². The number of nitro groups is 1. The molecule has 1 N–H and O–H groups in total. The van der Waals surface area contributed by atoms with Crippen molar-refractivity contribution in [3.63, 3.8) is 0 Å². The van der Waals surface area contributed by atoms with Crippen LogP contribution in [-0.2, 0) is 0 Å². The van der Waals surface area contributed by atoms with Crippen LogP contribution in [0.15, 0.2) is 18.3 Å². The van der Waals surface area contributed by atoms with Crippen LogP contribution in [0.5, 0.6) is 0 Å². The van der Waals surface area contributed by atoms with Crippen molar-refractivity contribution in [3.05, 3.63) is 28.4 Å². The van der Waals surface area contributed by atoms with Crippen LogP contribution in [0.2, 0.25) is 0 Å². The average molecular weight is 273 g/mol. The summed E-state index contributed by atoms with van der Waals surface area (Å²) in [7, 11) is 1.98. The molecule has 1 unspecified atom stereocenters. The summed E-state index contributed by atoms with van der Waals surface area (Å²) in [6, 6.07) is 3.61. The fourth-order valence-electron chi connectivity index (χ4n) is 2.05. The van der Waals surface area contributed by atoms with Gasteiger partial charge in [0.05, 0.1) is 4.92 Å². The van der Waals surface area contributed by atoms with Crippen molar-refractivity contribution in [1.29, 1.82) is 0 Å². The highest BCUT2D eigenvalue weighted by molar-refractivity contribution is 5.85. The molecule has 0 saturated carbocycles. The predicted molar refractivity (Wildman–Crippen MR) is 72.4 cm³/mol. The molecule has 1 fully saturated rings. The van der Waals surface area contributed by atoms with Crippen LogP contribution in [0.3, 0.4) is 0 Å². The highest BCUT2D eigenvalue weighted by Crippen LogP contribution is 2.19. The van der Waals surface area contributed by atoms with Gasteiger partial charge in [-0.15, -0.1) is 12.4 Å². The minimum atomic E-state index is -0.432. The first-order valence-corrected chi connectivity index (χ1v) is 5.72. The third kappa shape index (κ3) is 3.30. The standard InChI is InChI=1S/C11H16N4O2.ClH/c1-14(9-3-2-6-12-7-9)11-5-4-10(8-13-11)15(16)17;/h4-5,8-9,12H,2-3,6-7H2,1H3;1H. The van der Waals surface area contributed by atoms with Crippen LogP contribution in [0.1, 0.15) is 12.8 Å². The van der Waals surface area contributed by atoms with Gasteiger partial charge in [-0.3, -0.25) is 10.1 Å². The molecule has 7 heteroatoms. The summed E-state index contributed by atoms with van der Waals surface area (Å²) < 4.78 is 0. The molecular formula is C11H17ClN4O2. The molecule has 6 nitrogen and oxygen atoms in total. The van der Waals surface area contributed by atoms with Gasteiger partial charge in [0.15, 0.2) is 0 Å². The molecule has 18 heavy (non-hydrogen) atoms. The van der Waals surface area contributed by atoms with E-state index in [2.05, 4.69) is 15.2 Å². The molecule has 100 valence electrons. The number of anilines is 1. The fourth-order valence-corrected chi connectivity index (χ4v) is 2.05. The number of hydrogen-bond acceptors (Lipinski definition) is 5. The average Bonchev–Trinajstić information content (AvgIpc) is 2.39. The maximum absolute atomic E-state index is 10.5. The van der Waals surface area contributed by atoms with Crippen molar-refractivity contribution >= 4 is 23.9 Å². The van der Waals surface area contributed by atoms with Gasteiger partial charge < -0.3 is 10.2 Å². The molecule has 1 aliphatic rings. The summed E-state index contributed by atoms with van der Waals surface area (Å²) in [6.07, 6.45) is 3.59. The number of nitrogens with one attached hydrogen (secondary N) is 1. The van der Waals surface area contributed by atoms with Gasteiger partial charge in [0.1, 0.15) is 12.0 Å². The smallest absolute Gasteiger partial charge is 0.287 e. The fraction of sp³-hybridized carbons (Fsp3) is 0.545. The number of halogens is 1. The Hall–Kier alpha value is -1.40. The minimum absolute atomic E-state index is 0. The molecule has 1 atom stereocenters. The molecule has 0 spiro atoms. The Balaban J connectivity index is 0.00000162. The first-order valence-electron chi connectivity index (χ1n) is 5.72. The van der Waals surface area contributed by atoms with Crippen LogP contribution in [0.25, 0.3) is 0 Å². The van der Waals surface area contributed by atoms with Crippen molar-refractivity contribution < 1.29 is 4.92 Å². The second-order valence-corrected chi connectivity index (χ2v) is 4.24. The molecule has 2 heterocycles. The number of piperidine rings is 1. The van der Waals surface area contributed by atoms with Crippen molar-refractivity contribution in [2.24, 2.45) is 0 Å². The summed E-state index contributed by atoms with van der Waals surface area (Å²) in [5.74, 6) is 0.782. The molecular weight excluding hydrogens is 256 g/mol. The van der Waals surface area contributed by atoms with E-state index in [0.29, 0.717) is 6.04 Å². The Kier molecular flexibility index (Phi) is 5.30. The molecule has 1 aromatic heterocycles. The van der Waals surface area contributed by atoms with Crippen LogP contribution in [0.4, 0.5) is 11.5 Å². The second-order valence-electron chi connectivity index (χ2n) is 4.24. The number of hydrogen-bond donors (Lipinski definition) is 1. The lowest BCUT2D eigenvalue weighted by Gasteiger charge is -2.32. The number of aromatic nitrogens is 1. The van der Waals surface area contributed by atoms with Gasteiger partial charge in [0.25, 0.3) is 5.69 Å². The Bertz CT molecular complexity index is 393. The van der Waals surface area contributed by atoms with E-state index in [-0.39, 0.29) is 18.1 Å². The molecule has 1 saturated heterocycles. The van der Waals surface area contributed by atoms with Gasteiger partial charge in [-0.25, -0.2) is 4.98 Å². The predicted octanol–water partition coefficient (Wildman–Crippen LogP) is 1.60. The normalized spacial score (nSPS) is 18.8. The summed E-state index contributed by atoms with van der Waals surface area (Å²) in [4.78, 5) is 16.3. The monoisotopic (exact) mass is 272 g/mol. The van der Waals surface area contributed by atoms with Crippen molar-refractivity contribution in [2.75, 3.05) is 25.0 Å². The highest BCUT2D eigenvalue weighted by Gasteiger charge is 2.19. The van der Waals surface area contributed by atoms with E-state index in [1.807, 2.05) is 7.05 Å². The van der Waals surface area contributed by atoms with E-state index in [1.165, 1.54) is 12.3 Å². The number of likely N-dealkylation sites (N-methyl/N-ethyl adjacent to an activating group) is 1. The zero-order valence-corrected chi connectivity index (χ0v) is 11.0. The Morgan fingerprint density at radius 2 is 2.33 bits per heavy atom. The van der Waals surface area contributed by atoms with Gasteiger partial charge >= 0.3 is 0 Å². The maximum atomic E-state index is 10.5. The zero-order chi connectivity index (χ0) is 12.3. The lowest BCUT2D eigenvalue weighted by Crippen LogP contribution is -2.44. The summed E-state index contributed by atoms with van der Waals surface area (Å²) >= 11 is 0. The lowest BCUT2D eigenvalue weighted by atomic mass is 10.1. The Morgan fingerprint density at radius 1 is 1.56 bits per heavy atom. The number of pyridine rings is 1. The maximum Gasteiger partial charge on any atom is 0.287 e. The molecule has 0 amide bonds. The van der Waals surface area contributed by atoms with Gasteiger partial charge in [0.2, 0.25) is 0 Å². The Labute approximate surface area is 112 Å². The molecule has 0 bridgehead atoms. The van der Waals surface area contributed by atoms with E-state index in [9.17, 15) is 10.1 Å². The van der Waals surface area contributed by atoms with Crippen LogP contribution in [-0.4, -0.2) is 36.1 Å². The van der Waals surface area contributed by atoms with Gasteiger partial charge in [-0.2, -0.15) is 0 Å². The summed E-state index contributed by atoms with van der Waals surface area (Å²) in [5, 5.41) is 13.9. The van der Waals surface area contributed by atoms with Gasteiger partial charge in [-0.1, -0.05) is 0 Å². The van der Waals surface area contributed by atoms with Crippen LogP contribution >= 0.6 is 12.4 Å². The zero-order valence-electron chi connectivity index (χ0n) is 10.2. The molecule has 0 aromatic carbocycles. The quantitative estimate of drug-likeness (QED) is 0.668. The van der Waals surface area contributed by atoms with Crippen molar-refractivity contribution in [3.8, 4) is 0 Å². The second kappa shape index (κ2) is 6.51. The summed E-state index contributed by atoms with van der Waals surface area (Å²) in [6.45, 7) is 2.01. The van der Waals surface area contributed by atoms with E-state index >= 15 is 0 Å². The highest BCUT2D eigenvalue weighted by atomic mass is 35.5. The topological polar surface area (TPSA) is 71.3 Å². The summed E-state index contributed by atoms with van der Waals surface area (Å²) in [5.41, 5.74) is 0.0314. The first-order chi connectivity index (χ1) is 8.18. The van der Waals surface area contributed by atoms with Crippen LogP contribution in [0, 0.1) is 10.1 Å². The van der Waals surface area contributed by atoms with Gasteiger partial charge in [0, 0.05) is 25.7 Å². The Morgan fingerprint density at radius 3 is 2.83 bits per heavy atom. The van der Waals surface area contributed by atoms with E-state index < -0.39 is 4.92 Å². The SMILES string of the molecule is CN(c1ccc([N+](=O)[O-])cn1)C1CCCNC1.Cl. The minimum Gasteiger partial charge on any atom is -0.355 e. The molecule has 0 aliphatic carbocycles.